The number of nitrogens with one attached hydrogen (secondary N) is 1. The van der Waals surface area contributed by atoms with E-state index >= 15 is 0 Å². The summed E-state index contributed by atoms with van der Waals surface area (Å²) in [5, 5.41) is 18.9. The summed E-state index contributed by atoms with van der Waals surface area (Å²) in [6, 6.07) is 8.81. The molecule has 1 aromatic heterocycles. The van der Waals surface area contributed by atoms with Crippen LogP contribution in [0.2, 0.25) is 0 Å². The Morgan fingerprint density at radius 2 is 1.88 bits per heavy atom. The zero-order valence-corrected chi connectivity index (χ0v) is 8.96. The van der Waals surface area contributed by atoms with E-state index in [1.54, 1.807) is 24.5 Å². The van der Waals surface area contributed by atoms with E-state index in [9.17, 15) is 9.90 Å². The summed E-state index contributed by atoms with van der Waals surface area (Å²) >= 11 is 0. The predicted molar refractivity (Wildman–Crippen MR) is 60.3 cm³/mol. The Hall–Kier alpha value is -2.56. The molecule has 0 amide bonds. The van der Waals surface area contributed by atoms with Crippen molar-refractivity contribution < 1.29 is 20.0 Å². The van der Waals surface area contributed by atoms with Crippen molar-refractivity contribution in [3.8, 4) is 5.75 Å². The molecule has 0 saturated heterocycles. The van der Waals surface area contributed by atoms with Gasteiger partial charge in [-0.3, -0.25) is 0 Å². The molecule has 0 aliphatic carbocycles. The fraction of sp³-hybridized carbons (Fsp3) is 0. The highest BCUT2D eigenvalue weighted by Crippen LogP contribution is 2.06. The lowest BCUT2D eigenvalue weighted by Gasteiger charge is -2.03. The van der Waals surface area contributed by atoms with Crippen molar-refractivity contribution in [1.82, 2.24) is 0 Å². The van der Waals surface area contributed by atoms with Crippen molar-refractivity contribution in [2.24, 2.45) is 0 Å². The zero-order chi connectivity index (χ0) is 12.7. The minimum absolute atomic E-state index is 0.0347. The van der Waals surface area contributed by atoms with Gasteiger partial charge in [-0.2, -0.15) is 0 Å². The molecule has 0 aliphatic heterocycles. The van der Waals surface area contributed by atoms with Crippen LogP contribution in [0.25, 0.3) is 0 Å². The van der Waals surface area contributed by atoms with Gasteiger partial charge in [-0.15, -0.1) is 5.75 Å². The number of anilines is 1. The van der Waals surface area contributed by atoms with Crippen molar-refractivity contribution in [3.05, 3.63) is 54.4 Å². The van der Waals surface area contributed by atoms with Gasteiger partial charge in [0.05, 0.1) is 5.56 Å². The lowest BCUT2D eigenvalue weighted by Crippen LogP contribution is -1.97. The van der Waals surface area contributed by atoms with Crippen LogP contribution in [-0.4, -0.2) is 11.1 Å². The summed E-state index contributed by atoms with van der Waals surface area (Å²) in [7, 11) is 0. The smallest absolute Gasteiger partial charge is 0.335 e. The molecule has 0 spiro atoms. The van der Waals surface area contributed by atoms with Gasteiger partial charge in [-0.1, -0.05) is 18.2 Å². The molecule has 0 atom stereocenters. The molecule has 0 saturated carbocycles. The lowest BCUT2D eigenvalue weighted by atomic mass is 10.2. The summed E-state index contributed by atoms with van der Waals surface area (Å²) in [5.41, 5.74) is 6.16. The second-order valence-electron chi connectivity index (χ2n) is 3.17. The van der Waals surface area contributed by atoms with Crippen LogP contribution in [0.15, 0.2) is 48.8 Å². The second kappa shape index (κ2) is 6.12. The van der Waals surface area contributed by atoms with E-state index in [1.807, 2.05) is 0 Å². The van der Waals surface area contributed by atoms with Crippen LogP contribution in [0.4, 0.5) is 5.69 Å². The third-order valence-corrected chi connectivity index (χ3v) is 1.83. The first-order valence-electron chi connectivity index (χ1n) is 4.81. The molecule has 2 aromatic rings. The monoisotopic (exact) mass is 232 g/mol. The molecule has 2 rings (SSSR count). The summed E-state index contributed by atoms with van der Waals surface area (Å²) < 4.78 is 0. The van der Waals surface area contributed by atoms with Crippen molar-refractivity contribution in [1.29, 1.82) is 0 Å². The first-order chi connectivity index (χ1) is 8.09. The number of H-pyrrole nitrogens is 1. The number of rotatable bonds is 1. The Morgan fingerprint density at radius 1 is 1.24 bits per heavy atom. The highest BCUT2D eigenvalue weighted by Gasteiger charge is 1.97. The standard InChI is InChI=1S/C7H6O3.C5H6N2/c8-6-3-1-2-5(4-6)7(9)10;6-5-1-3-7-4-2-5/h1-4,8H,(H,9,10);1-4H,(H2,6,7). The third kappa shape index (κ3) is 4.65. The van der Waals surface area contributed by atoms with Crippen LogP contribution in [0.5, 0.6) is 5.75 Å². The van der Waals surface area contributed by atoms with Gasteiger partial charge in [-0.05, 0) is 6.07 Å². The van der Waals surface area contributed by atoms with Gasteiger partial charge in [-0.25, -0.2) is 9.78 Å². The van der Waals surface area contributed by atoms with Crippen LogP contribution < -0.4 is 15.8 Å². The van der Waals surface area contributed by atoms with Crippen molar-refractivity contribution >= 4 is 11.7 Å². The third-order valence-electron chi connectivity index (χ3n) is 1.83. The first-order valence-corrected chi connectivity index (χ1v) is 4.81. The quantitative estimate of drug-likeness (QED) is 0.749. The number of carboxylic acids is 1. The molecule has 0 radical (unpaired) electrons. The van der Waals surface area contributed by atoms with Crippen molar-refractivity contribution in [3.63, 3.8) is 0 Å². The van der Waals surface area contributed by atoms with Gasteiger partial charge in [0.15, 0.2) is 12.4 Å². The van der Waals surface area contributed by atoms with E-state index in [-0.39, 0.29) is 11.3 Å². The highest BCUT2D eigenvalue weighted by molar-refractivity contribution is 5.87. The normalized spacial score (nSPS) is 8.94. The number of hydrogen-bond donors (Lipinski definition) is 2. The fourth-order valence-electron chi connectivity index (χ4n) is 1.03. The van der Waals surface area contributed by atoms with Crippen molar-refractivity contribution in [2.75, 3.05) is 5.73 Å². The number of aromatic amines is 1. The Labute approximate surface area is 98.2 Å². The number of aromatic carboxylic acids is 1. The van der Waals surface area contributed by atoms with Gasteiger partial charge in [0.2, 0.25) is 0 Å². The molecule has 0 bridgehead atoms. The van der Waals surface area contributed by atoms with Gasteiger partial charge >= 0.3 is 5.97 Å². The summed E-state index contributed by atoms with van der Waals surface area (Å²) in [4.78, 5) is 13.1. The molecule has 5 heteroatoms. The van der Waals surface area contributed by atoms with Gasteiger partial charge < -0.3 is 15.9 Å². The van der Waals surface area contributed by atoms with E-state index in [1.165, 1.54) is 18.2 Å². The van der Waals surface area contributed by atoms with E-state index in [0.717, 1.165) is 11.8 Å². The van der Waals surface area contributed by atoms with E-state index in [0.29, 0.717) is 0 Å². The number of carboxylic acid groups (broad SMARTS) is 1. The van der Waals surface area contributed by atoms with Crippen LogP contribution >= 0.6 is 0 Å². The number of hydrogen-bond acceptors (Lipinski definition) is 3. The van der Waals surface area contributed by atoms with Crippen LogP contribution in [0.1, 0.15) is 10.4 Å². The minimum Gasteiger partial charge on any atom is -0.872 e. The maximum atomic E-state index is 10.5. The lowest BCUT2D eigenvalue weighted by molar-refractivity contribution is -0.377. The Balaban J connectivity index is 0.000000181. The summed E-state index contributed by atoms with van der Waals surface area (Å²) in [5.74, 6) is -1.35. The van der Waals surface area contributed by atoms with E-state index in [2.05, 4.69) is 4.98 Å². The molecule has 1 heterocycles. The molecule has 17 heavy (non-hydrogen) atoms. The van der Waals surface area contributed by atoms with Gasteiger partial charge in [0.1, 0.15) is 0 Å². The van der Waals surface area contributed by atoms with Crippen LogP contribution in [-0.2, 0) is 0 Å². The fourth-order valence-corrected chi connectivity index (χ4v) is 1.03. The number of nitrogens with two attached hydrogens (primary N) is 1. The largest absolute Gasteiger partial charge is 0.872 e. The molecule has 4 N–H and O–H groups in total. The van der Waals surface area contributed by atoms with Gasteiger partial charge in [0.25, 0.3) is 0 Å². The molecular weight excluding hydrogens is 220 g/mol. The Kier molecular flexibility index (Phi) is 4.50. The number of benzene rings is 1. The molecule has 1 aromatic carbocycles. The second-order valence-corrected chi connectivity index (χ2v) is 3.17. The molecule has 5 nitrogen and oxygen atoms in total. The maximum absolute atomic E-state index is 10.5. The summed E-state index contributed by atoms with van der Waals surface area (Å²) in [6.07, 6.45) is 3.57. The van der Waals surface area contributed by atoms with Gasteiger partial charge in [0, 0.05) is 17.8 Å². The first kappa shape index (κ1) is 12.5. The van der Waals surface area contributed by atoms with Crippen LogP contribution in [0.3, 0.4) is 0 Å². The maximum Gasteiger partial charge on any atom is 0.335 e. The number of pyridine rings is 1. The summed E-state index contributed by atoms with van der Waals surface area (Å²) in [6.45, 7) is 0. The molecule has 0 fully saturated rings. The zero-order valence-electron chi connectivity index (χ0n) is 8.96. The number of carbonyl (C=O) groups is 1. The minimum atomic E-state index is -1.07. The number of aromatic nitrogens is 1. The highest BCUT2D eigenvalue weighted by atomic mass is 16.4. The SMILES string of the molecule is Nc1cc[nH+]cc1.O=C(O)c1cccc([O-])c1. The molecule has 88 valence electrons. The van der Waals surface area contributed by atoms with Crippen LogP contribution in [0, 0.1) is 0 Å². The average molecular weight is 232 g/mol. The molecular formula is C12H12N2O3. The topological polar surface area (TPSA) is 101 Å². The Morgan fingerprint density at radius 3 is 2.24 bits per heavy atom. The number of nitrogen functional groups attached to an aromatic ring is 1. The average Bonchev–Trinajstić information content (AvgIpc) is 2.31. The van der Waals surface area contributed by atoms with E-state index < -0.39 is 5.97 Å². The van der Waals surface area contributed by atoms with E-state index in [4.69, 9.17) is 10.8 Å². The van der Waals surface area contributed by atoms with Crippen molar-refractivity contribution in [2.45, 2.75) is 0 Å². The molecule has 0 unspecified atom stereocenters. The molecule has 0 aliphatic rings. The Bertz CT molecular complexity index is 486. The predicted octanol–water partition coefficient (Wildman–Crippen LogP) is 0.541.